The molecule has 142 heavy (non-hydrogen) atoms. The van der Waals surface area contributed by atoms with E-state index in [1.54, 1.807) is 26.2 Å². The lowest BCUT2D eigenvalue weighted by atomic mass is 10.8. The van der Waals surface area contributed by atoms with Gasteiger partial charge in [0.1, 0.15) is 21.0 Å². The summed E-state index contributed by atoms with van der Waals surface area (Å²) in [5.74, 6) is 0. The fraction of sp³-hybridized carbons (Fsp3) is 1.00. The van der Waals surface area contributed by atoms with Crippen molar-refractivity contribution in [1.29, 1.82) is 0 Å². The van der Waals surface area contributed by atoms with Crippen LogP contribution in [0.25, 0.3) is 0 Å². The molecule has 8 fully saturated rings. The van der Waals surface area contributed by atoms with Gasteiger partial charge in [0.05, 0.1) is 119 Å². The van der Waals surface area contributed by atoms with E-state index in [2.05, 4.69) is 0 Å². The molecule has 8 rings (SSSR count). The fourth-order valence-corrected chi connectivity index (χ4v) is 123. The maximum atomic E-state index is 10.2. The van der Waals surface area contributed by atoms with Gasteiger partial charge >= 0.3 is 195 Å². The molecule has 8 saturated heterocycles. The summed E-state index contributed by atoms with van der Waals surface area (Å²) in [5, 5.41) is 96.5. The lowest BCUT2D eigenvalue weighted by Gasteiger charge is -2.57. The molecule has 10 N–H and O–H groups in total. The Morgan fingerprint density at radius 3 is 0.613 bits per heavy atom. The van der Waals surface area contributed by atoms with Crippen LogP contribution in [-0.4, -0.2) is 471 Å². The summed E-state index contributed by atoms with van der Waals surface area (Å²) < 4.78 is 329. The first kappa shape index (κ1) is 135. The van der Waals surface area contributed by atoms with E-state index in [1.807, 2.05) is 105 Å². The Labute approximate surface area is 875 Å². The van der Waals surface area contributed by atoms with Gasteiger partial charge in [-0.3, -0.25) is 0 Å². The quantitative estimate of drug-likeness (QED) is 0.0254. The average molecular weight is 2610 g/mol. The molecule has 8 aliphatic rings. The van der Waals surface area contributed by atoms with Gasteiger partial charge < -0.3 is 253 Å². The molecule has 12 bridgehead atoms. The third-order valence-corrected chi connectivity index (χ3v) is 109. The third kappa shape index (κ3) is 42.3. The van der Waals surface area contributed by atoms with Gasteiger partial charge in [0, 0.05) is 0 Å². The highest BCUT2D eigenvalue weighted by molar-refractivity contribution is 7.01. The van der Waals surface area contributed by atoms with Crippen LogP contribution in [0.15, 0.2) is 0 Å². The second-order valence-electron chi connectivity index (χ2n) is 36.7. The highest BCUT2D eigenvalue weighted by Gasteiger charge is 2.91. The highest BCUT2D eigenvalue weighted by Crippen LogP contribution is 2.53. The largest absolute Gasteiger partial charge is 0.662 e. The minimum absolute atomic E-state index is 0.0796. The van der Waals surface area contributed by atoms with Crippen molar-refractivity contribution in [3.8, 4) is 0 Å². The van der Waals surface area contributed by atoms with Crippen molar-refractivity contribution in [3.05, 3.63) is 0 Å². The summed E-state index contributed by atoms with van der Waals surface area (Å²) >= 11 is 0. The molecule has 0 aliphatic carbocycles. The molecule has 842 valence electrons. The van der Waals surface area contributed by atoms with Crippen LogP contribution in [0.2, 0.25) is 210 Å². The molecule has 58 nitrogen and oxygen atoms in total. The van der Waals surface area contributed by atoms with Crippen LogP contribution in [0.1, 0.15) is 0 Å². The number of rotatable bonds is 59. The normalized spacial score (nSPS) is 33.1. The molecular weight excluding hydrogens is 2450 g/mol. The Morgan fingerprint density at radius 2 is 0.387 bits per heavy atom. The topological polar surface area (TPSA) is 645 Å². The van der Waals surface area contributed by atoms with Crippen molar-refractivity contribution >= 4 is 288 Å². The predicted octanol–water partition coefficient (Wildman–Crippen LogP) is -5.50. The Bertz CT molecular complexity index is 3570. The van der Waals surface area contributed by atoms with Gasteiger partial charge in [0.25, 0.3) is 13.0 Å². The van der Waals surface area contributed by atoms with Gasteiger partial charge in [0.2, 0.25) is 0 Å². The molecule has 90 heteroatoms. The predicted molar refractivity (Wildman–Crippen MR) is 561 cm³/mol. The van der Waals surface area contributed by atoms with E-state index in [1.165, 1.54) is 78.6 Å². The van der Waals surface area contributed by atoms with Crippen molar-refractivity contribution in [3.63, 3.8) is 0 Å². The first-order chi connectivity index (χ1) is 65.4. The van der Waals surface area contributed by atoms with Gasteiger partial charge in [-0.15, -0.1) is 0 Å². The fourth-order valence-electron chi connectivity index (χ4n) is 12.5. The molecule has 0 aromatic carbocycles. The van der Waals surface area contributed by atoms with E-state index in [0.29, 0.717) is 0 Å². The zero-order chi connectivity index (χ0) is 107. The van der Waals surface area contributed by atoms with Crippen LogP contribution in [0.3, 0.4) is 0 Å². The molecular formula is C52H158O58Si32. The van der Waals surface area contributed by atoms with Gasteiger partial charge in [-0.1, -0.05) is 0 Å². The van der Waals surface area contributed by atoms with Crippen LogP contribution in [-0.2, 0) is 202 Å². The highest BCUT2D eigenvalue weighted by atomic mass is 28.7. The molecule has 0 aromatic heterocycles. The van der Waals surface area contributed by atoms with Crippen LogP contribution in [0.5, 0.6) is 0 Å². The van der Waals surface area contributed by atoms with Gasteiger partial charge in [0.15, 0.2) is 72.3 Å². The van der Waals surface area contributed by atoms with Crippen molar-refractivity contribution < 1.29 is 253 Å². The second kappa shape index (κ2) is 56.3. The minimum Gasteiger partial charge on any atom is -0.404 e. The summed E-state index contributed by atoms with van der Waals surface area (Å²) in [4.78, 5) is 0. The summed E-state index contributed by atoms with van der Waals surface area (Å²) in [7, 11) is -124. The Balaban J connectivity index is 0.000000461. The van der Waals surface area contributed by atoms with E-state index in [0.717, 1.165) is 0 Å². The van der Waals surface area contributed by atoms with E-state index >= 15 is 0 Å². The summed E-state index contributed by atoms with van der Waals surface area (Å²) in [6.07, 6.45) is 0. The van der Waals surface area contributed by atoms with E-state index in [-0.39, 0.29) is 87.0 Å². The molecule has 0 spiro atoms. The van der Waals surface area contributed by atoms with E-state index < -0.39 is 333 Å². The Hall–Kier alpha value is 4.62. The number of hydrogen-bond donors (Lipinski definition) is 10. The molecule has 0 radical (unpaired) electrons. The maximum Gasteiger partial charge on any atom is 0.662 e. The zero-order valence-electron chi connectivity index (χ0n) is 87.6. The zero-order valence-corrected chi connectivity index (χ0v) is 123. The Kier molecular flexibility index (Phi) is 53.6. The summed E-state index contributed by atoms with van der Waals surface area (Å²) in [5.41, 5.74) is 0. The van der Waals surface area contributed by atoms with E-state index in [4.69, 9.17) is 212 Å². The molecule has 8 unspecified atom stereocenters. The number of aliphatic hydroxyl groups is 10. The molecule has 8 aliphatic heterocycles. The van der Waals surface area contributed by atoms with Gasteiger partial charge in [-0.05, 0) is 210 Å². The van der Waals surface area contributed by atoms with E-state index in [9.17, 15) is 40.9 Å². The van der Waals surface area contributed by atoms with Crippen LogP contribution in [0, 0.1) is 0 Å². The summed E-state index contributed by atoms with van der Waals surface area (Å²) in [6.45, 7) is 44.6. The van der Waals surface area contributed by atoms with Crippen molar-refractivity contribution in [1.82, 2.24) is 0 Å². The first-order valence-electron chi connectivity index (χ1n) is 46.0. The lowest BCUT2D eigenvalue weighted by Crippen LogP contribution is -2.89. The molecule has 0 saturated carbocycles. The number of aliphatic hydroxyl groups excluding tert-OH is 10. The summed E-state index contributed by atoms with van der Waals surface area (Å²) in [6, 6.07) is 0. The van der Waals surface area contributed by atoms with Gasteiger partial charge in [-0.25, -0.2) is 0 Å². The first-order valence-corrected chi connectivity index (χ1v) is 115. The average Bonchev–Trinajstić information content (AvgIpc) is 0.696. The van der Waals surface area contributed by atoms with Gasteiger partial charge in [-0.2, -0.15) is 0 Å². The monoisotopic (exact) mass is 2610 g/mol. The molecule has 8 atom stereocenters. The lowest BCUT2D eigenvalue weighted by molar-refractivity contribution is -0.242. The number of hydrogen-bond acceptors (Lipinski definition) is 58. The van der Waals surface area contributed by atoms with Crippen molar-refractivity contribution in [2.45, 2.75) is 222 Å². The minimum atomic E-state index is -6.03. The Morgan fingerprint density at radius 1 is 0.204 bits per heavy atom. The molecule has 0 amide bonds. The van der Waals surface area contributed by atoms with Crippen LogP contribution < -0.4 is 0 Å². The molecule has 8 heterocycles. The van der Waals surface area contributed by atoms with Crippen molar-refractivity contribution in [2.75, 3.05) is 119 Å². The second-order valence-corrected chi connectivity index (χ2v) is 124. The van der Waals surface area contributed by atoms with Crippen LogP contribution >= 0.6 is 0 Å². The smallest absolute Gasteiger partial charge is 0.404 e. The third-order valence-electron chi connectivity index (χ3n) is 16.4. The van der Waals surface area contributed by atoms with Crippen molar-refractivity contribution in [2.24, 2.45) is 0 Å². The standard InChI is InChI=1S/C33H92O36Si16.C17H60O20Si16.C2H6O2/c1-71(2,42-25-17-34)50-33-51-79(54-72(3,4)43-26-18-35)61-82(57-75(9,10)46-29-21-38)62-80(52-33,55-73(5,6)44-27-19-36)64-84(59-77(13,14)48-31-23-40)66-81(53-70,56-74(7,8)45-28-20-37)65-83(63-79,58-76(11,12)47-30-22-39)68-85(67-82,69-84)60-78(15,16)49-32-24-41;1-39(2)18-17-19-47(22-40(3)4)29-50(25-43(9)10)30-48(20-17,23-41(5)6)32-52(27-45(13)14)34-49(21-38,24-42(7)8)33-51(31-47,26-44(11)12)36-53(35-50,37-52)28-46(15)16;3-1-2-4/h33-41H,17-32H2,1-16,70H3;17,39-46H,1-16,38H3;3-4H,1-2H2. The molecule has 0 aromatic rings. The van der Waals surface area contributed by atoms with Crippen LogP contribution in [0.4, 0.5) is 0 Å². The number of fused-ring (bicyclic) bond motifs is 8. The SMILES string of the molecule is C[SiH](C)OC1O[Si]2(O[SiH](C)C)O[Si]3(O[SiH](C)C)O[Si](O[SiH3])(O[SiH](C)C)O[Si]4(O[SiH](C)C)O[Si](O[SiH](C)C)(O1)O[Si](O[SiH](C)C)(O2)O[Si](O[SiH](C)C)(O3)O4.C[Si](C)(OCCO)OC1O[Si]2(O[Si](C)(C)OCCO)O[Si]3(O[Si](C)(C)OCCO)O[Si](O[SiH3])(O[Si](C)(C)OCCO)O[Si]4(O[Si](C)(C)OCCO)O[Si](O[Si](C)(C)OCCO)(O1)O[Si](O[Si](C)(C)OCCO)(O2)O[Si](O[Si](C)(C)OCCO)(O3)O4.OCCO. The maximum absolute atomic E-state index is 10.2.